The van der Waals surface area contributed by atoms with Crippen molar-refractivity contribution in [2.24, 2.45) is 0 Å². The molecule has 3 aromatic carbocycles. The predicted molar refractivity (Wildman–Crippen MR) is 127 cm³/mol. The van der Waals surface area contributed by atoms with E-state index >= 15 is 0 Å². The Labute approximate surface area is 185 Å². The molecule has 0 saturated carbocycles. The monoisotopic (exact) mass is 416 g/mol. The summed E-state index contributed by atoms with van der Waals surface area (Å²) in [6, 6.07) is 28.2. The molecule has 0 spiro atoms. The molecule has 2 N–H and O–H groups in total. The third-order valence-electron chi connectivity index (χ3n) is 5.28. The summed E-state index contributed by atoms with van der Waals surface area (Å²) in [5, 5.41) is 14.2. The molecule has 2 aromatic heterocycles. The van der Waals surface area contributed by atoms with Crippen molar-refractivity contribution in [1.82, 2.24) is 9.97 Å². The maximum atomic E-state index is 9.71. The first-order valence-corrected chi connectivity index (χ1v) is 10.3. The zero-order chi connectivity index (χ0) is 21.8. The molecule has 0 unspecified atom stereocenters. The van der Waals surface area contributed by atoms with Crippen LogP contribution < -0.4 is 10.1 Å². The number of H-pyrrole nitrogens is 1. The van der Waals surface area contributed by atoms with Crippen LogP contribution in [-0.4, -0.2) is 9.97 Å². The van der Waals surface area contributed by atoms with Crippen molar-refractivity contribution in [2.45, 2.75) is 6.61 Å². The zero-order valence-electron chi connectivity index (χ0n) is 17.2. The molecule has 2 heterocycles. The topological polar surface area (TPSA) is 73.7 Å². The highest BCUT2D eigenvalue weighted by Crippen LogP contribution is 2.34. The predicted octanol–water partition coefficient (Wildman–Crippen LogP) is 6.42. The van der Waals surface area contributed by atoms with Gasteiger partial charge in [0.05, 0.1) is 11.3 Å². The number of nitrogens with one attached hydrogen (secondary N) is 2. The fourth-order valence-electron chi connectivity index (χ4n) is 3.67. The lowest BCUT2D eigenvalue weighted by atomic mass is 10.0. The Balaban J connectivity index is 1.47. The van der Waals surface area contributed by atoms with Crippen LogP contribution in [0.25, 0.3) is 22.0 Å². The van der Waals surface area contributed by atoms with Crippen molar-refractivity contribution in [3.8, 4) is 22.9 Å². The summed E-state index contributed by atoms with van der Waals surface area (Å²) in [5.74, 6) is 0.758. The van der Waals surface area contributed by atoms with E-state index in [1.54, 1.807) is 12.4 Å². The average molecular weight is 416 g/mol. The maximum absolute atomic E-state index is 9.71. The number of hydrogen-bond acceptors (Lipinski definition) is 4. The van der Waals surface area contributed by atoms with Gasteiger partial charge in [0.15, 0.2) is 0 Å². The third-order valence-corrected chi connectivity index (χ3v) is 5.28. The van der Waals surface area contributed by atoms with Gasteiger partial charge >= 0.3 is 0 Å². The summed E-state index contributed by atoms with van der Waals surface area (Å²) < 4.78 is 6.00. The molecule has 0 aliphatic carbocycles. The summed E-state index contributed by atoms with van der Waals surface area (Å²) in [6.45, 7) is 0.489. The zero-order valence-corrected chi connectivity index (χ0v) is 17.2. The number of ether oxygens (including phenoxy) is 1. The molecule has 5 heteroatoms. The van der Waals surface area contributed by atoms with Gasteiger partial charge in [0, 0.05) is 40.7 Å². The van der Waals surface area contributed by atoms with Gasteiger partial charge < -0.3 is 15.0 Å². The summed E-state index contributed by atoms with van der Waals surface area (Å²) in [6.07, 6.45) is 5.26. The molecule has 0 aliphatic rings. The second kappa shape index (κ2) is 8.66. The Kier molecular flexibility index (Phi) is 5.25. The van der Waals surface area contributed by atoms with Crippen molar-refractivity contribution in [2.75, 3.05) is 5.32 Å². The van der Waals surface area contributed by atoms with E-state index in [1.807, 2.05) is 79.0 Å². The molecule has 0 saturated heterocycles. The van der Waals surface area contributed by atoms with E-state index in [-0.39, 0.29) is 0 Å². The molecule has 5 aromatic rings. The Morgan fingerprint density at radius 1 is 0.938 bits per heavy atom. The van der Waals surface area contributed by atoms with Gasteiger partial charge in [-0.05, 0) is 47.5 Å². The molecule has 0 atom stereocenters. The number of aromatic nitrogens is 2. The largest absolute Gasteiger partial charge is 0.489 e. The van der Waals surface area contributed by atoms with E-state index in [0.717, 1.165) is 44.7 Å². The first kappa shape index (κ1) is 19.4. The second-order valence-corrected chi connectivity index (χ2v) is 7.43. The Morgan fingerprint density at radius 2 is 1.84 bits per heavy atom. The number of pyridine rings is 1. The molecule has 0 amide bonds. The number of nitrogens with zero attached hydrogens (tertiary/aromatic N) is 2. The highest BCUT2D eigenvalue weighted by Gasteiger charge is 2.13. The Morgan fingerprint density at radius 3 is 2.72 bits per heavy atom. The van der Waals surface area contributed by atoms with Crippen molar-refractivity contribution < 1.29 is 4.74 Å². The SMILES string of the molecule is N#Cc1cncc(-c2cccc(OCc3ccccc3)c2)c1Nc1ccc2[nH]ccc2c1. The summed E-state index contributed by atoms with van der Waals surface area (Å²) in [7, 11) is 0. The van der Waals surface area contributed by atoms with Crippen LogP contribution >= 0.6 is 0 Å². The fraction of sp³-hybridized carbons (Fsp3) is 0.0370. The maximum Gasteiger partial charge on any atom is 0.120 e. The van der Waals surface area contributed by atoms with Crippen LogP contribution in [0.15, 0.2) is 97.5 Å². The van der Waals surface area contributed by atoms with Gasteiger partial charge in [-0.15, -0.1) is 0 Å². The number of anilines is 2. The van der Waals surface area contributed by atoms with Gasteiger partial charge in [-0.2, -0.15) is 5.26 Å². The van der Waals surface area contributed by atoms with Crippen molar-refractivity contribution in [1.29, 1.82) is 5.26 Å². The lowest BCUT2D eigenvalue weighted by Gasteiger charge is -2.15. The van der Waals surface area contributed by atoms with Crippen molar-refractivity contribution >= 4 is 22.3 Å². The van der Waals surface area contributed by atoms with E-state index < -0.39 is 0 Å². The van der Waals surface area contributed by atoms with Crippen molar-refractivity contribution in [3.05, 3.63) is 109 Å². The van der Waals surface area contributed by atoms with E-state index in [4.69, 9.17) is 4.74 Å². The van der Waals surface area contributed by atoms with Crippen LogP contribution in [0.4, 0.5) is 11.4 Å². The highest BCUT2D eigenvalue weighted by molar-refractivity contribution is 5.88. The molecule has 0 fully saturated rings. The Bertz CT molecular complexity index is 1420. The molecular formula is C27H20N4O. The molecule has 32 heavy (non-hydrogen) atoms. The molecule has 0 aliphatic heterocycles. The van der Waals surface area contributed by atoms with Crippen LogP contribution in [0, 0.1) is 11.3 Å². The second-order valence-electron chi connectivity index (χ2n) is 7.43. The van der Waals surface area contributed by atoms with Crippen molar-refractivity contribution in [3.63, 3.8) is 0 Å². The van der Waals surface area contributed by atoms with Crippen LogP contribution in [0.3, 0.4) is 0 Å². The standard InChI is InChI=1S/C27H20N4O/c28-15-22-16-29-17-25(27(22)31-23-9-10-26-21(13-23)11-12-30-26)20-7-4-8-24(14-20)32-18-19-5-2-1-3-6-19/h1-14,16-17,30H,18H2,(H,29,31). The quantitative estimate of drug-likeness (QED) is 0.335. The normalized spacial score (nSPS) is 10.6. The first-order chi connectivity index (χ1) is 15.8. The summed E-state index contributed by atoms with van der Waals surface area (Å²) in [5.41, 5.74) is 6.03. The smallest absolute Gasteiger partial charge is 0.120 e. The summed E-state index contributed by atoms with van der Waals surface area (Å²) in [4.78, 5) is 7.49. The number of rotatable bonds is 6. The van der Waals surface area contributed by atoms with E-state index in [0.29, 0.717) is 12.2 Å². The van der Waals surface area contributed by atoms with E-state index in [1.165, 1.54) is 0 Å². The van der Waals surface area contributed by atoms with Crippen LogP contribution in [0.5, 0.6) is 5.75 Å². The minimum absolute atomic E-state index is 0.479. The van der Waals surface area contributed by atoms with Crippen LogP contribution in [-0.2, 0) is 6.61 Å². The molecule has 154 valence electrons. The number of aromatic amines is 1. The minimum atomic E-state index is 0.479. The minimum Gasteiger partial charge on any atom is -0.489 e. The molecule has 5 nitrogen and oxygen atoms in total. The van der Waals surface area contributed by atoms with Gasteiger partial charge in [-0.25, -0.2) is 0 Å². The lowest BCUT2D eigenvalue weighted by molar-refractivity contribution is 0.306. The first-order valence-electron chi connectivity index (χ1n) is 10.3. The molecular weight excluding hydrogens is 396 g/mol. The van der Waals surface area contributed by atoms with Gasteiger partial charge in [-0.1, -0.05) is 42.5 Å². The molecule has 0 bridgehead atoms. The van der Waals surface area contributed by atoms with Gasteiger partial charge in [-0.3, -0.25) is 4.98 Å². The third kappa shape index (κ3) is 4.03. The van der Waals surface area contributed by atoms with E-state index in [9.17, 15) is 5.26 Å². The molecule has 5 rings (SSSR count). The van der Waals surface area contributed by atoms with Crippen LogP contribution in [0.2, 0.25) is 0 Å². The van der Waals surface area contributed by atoms with E-state index in [2.05, 4.69) is 27.4 Å². The fourth-order valence-corrected chi connectivity index (χ4v) is 3.67. The molecule has 0 radical (unpaired) electrons. The number of fused-ring (bicyclic) bond motifs is 1. The number of benzene rings is 3. The summed E-state index contributed by atoms with van der Waals surface area (Å²) >= 11 is 0. The lowest BCUT2D eigenvalue weighted by Crippen LogP contribution is -1.99. The van der Waals surface area contributed by atoms with Crippen LogP contribution in [0.1, 0.15) is 11.1 Å². The average Bonchev–Trinajstić information content (AvgIpc) is 3.32. The van der Waals surface area contributed by atoms with Gasteiger partial charge in [0.2, 0.25) is 0 Å². The van der Waals surface area contributed by atoms with Gasteiger partial charge in [0.1, 0.15) is 18.4 Å². The number of hydrogen-bond donors (Lipinski definition) is 2. The Hall–Kier alpha value is -4.56. The number of nitriles is 1. The van der Waals surface area contributed by atoms with Gasteiger partial charge in [0.25, 0.3) is 0 Å². The highest BCUT2D eigenvalue weighted by atomic mass is 16.5.